The van der Waals surface area contributed by atoms with E-state index in [1.807, 2.05) is 0 Å². The predicted molar refractivity (Wildman–Crippen MR) is 37.4 cm³/mol. The van der Waals surface area contributed by atoms with Gasteiger partial charge in [0.05, 0.1) is 0 Å². The van der Waals surface area contributed by atoms with Gasteiger partial charge in [-0.1, -0.05) is 0 Å². The first-order valence-electron chi connectivity index (χ1n) is 3.07. The van der Waals surface area contributed by atoms with Gasteiger partial charge in [0.2, 0.25) is 0 Å². The topological polar surface area (TPSA) is 0 Å². The molecule has 1 aromatic carbocycles. The molecular formula is C6B2F5. The molecule has 0 fully saturated rings. The van der Waals surface area contributed by atoms with Crippen LogP contribution in [0.15, 0.2) is 0 Å². The standard InChI is InChI=1S/C6B2F5/c7-8-1-2(9)4(11)6(13)5(12)3(1)10. The van der Waals surface area contributed by atoms with Crippen LogP contribution < -0.4 is 5.46 Å². The first kappa shape index (κ1) is 10.1. The van der Waals surface area contributed by atoms with Gasteiger partial charge in [-0.05, 0) is 5.46 Å². The highest BCUT2D eigenvalue weighted by Gasteiger charge is 2.23. The van der Waals surface area contributed by atoms with E-state index in [0.717, 1.165) is 0 Å². The SMILES string of the molecule is [B][B]c1c(F)c(F)c(F)c(F)c1F. The van der Waals surface area contributed by atoms with E-state index in [2.05, 4.69) is 7.74 Å². The van der Waals surface area contributed by atoms with E-state index in [4.69, 9.17) is 0 Å². The lowest BCUT2D eigenvalue weighted by molar-refractivity contribution is 0.384. The fourth-order valence-corrected chi connectivity index (χ4v) is 0.768. The molecule has 0 heterocycles. The average Bonchev–Trinajstić information content (AvgIpc) is 2.13. The third kappa shape index (κ3) is 1.43. The minimum atomic E-state index is -2.19. The van der Waals surface area contributed by atoms with Crippen molar-refractivity contribution in [2.45, 2.75) is 0 Å². The zero-order valence-corrected chi connectivity index (χ0v) is 6.04. The maximum absolute atomic E-state index is 12.6. The van der Waals surface area contributed by atoms with Crippen LogP contribution in [0.4, 0.5) is 22.0 Å². The van der Waals surface area contributed by atoms with Crippen LogP contribution in [0, 0.1) is 29.1 Å². The summed E-state index contributed by atoms with van der Waals surface area (Å²) in [5.41, 5.74) is -1.13. The number of halogens is 5. The molecule has 0 spiro atoms. The lowest BCUT2D eigenvalue weighted by Gasteiger charge is -2.05. The Labute approximate surface area is 72.4 Å². The molecule has 0 N–H and O–H groups in total. The molecule has 0 aliphatic rings. The fourth-order valence-electron chi connectivity index (χ4n) is 0.768. The summed E-state index contributed by atoms with van der Waals surface area (Å²) >= 11 is 0. The van der Waals surface area contributed by atoms with Gasteiger partial charge in [-0.3, -0.25) is 0 Å². The van der Waals surface area contributed by atoms with Gasteiger partial charge in [-0.15, -0.1) is 0 Å². The molecular weight excluding hydrogens is 189 g/mol. The molecule has 0 atom stereocenters. The molecule has 65 valence electrons. The van der Waals surface area contributed by atoms with E-state index in [1.165, 1.54) is 0 Å². The Morgan fingerprint density at radius 3 is 1.31 bits per heavy atom. The molecule has 13 heavy (non-hydrogen) atoms. The number of hydrogen-bond acceptors (Lipinski definition) is 0. The summed E-state index contributed by atoms with van der Waals surface area (Å²) in [5, 5.41) is 0. The molecule has 0 unspecified atom stereocenters. The van der Waals surface area contributed by atoms with Crippen molar-refractivity contribution in [3.8, 4) is 0 Å². The molecule has 1 rings (SSSR count). The van der Waals surface area contributed by atoms with Crippen LogP contribution in [0.5, 0.6) is 0 Å². The van der Waals surface area contributed by atoms with Crippen molar-refractivity contribution < 1.29 is 22.0 Å². The van der Waals surface area contributed by atoms with Crippen LogP contribution in [0.2, 0.25) is 0 Å². The van der Waals surface area contributed by atoms with Crippen LogP contribution in [0.1, 0.15) is 0 Å². The highest BCUT2D eigenvalue weighted by molar-refractivity contribution is 6.97. The minimum absolute atomic E-state index is 0.316. The van der Waals surface area contributed by atoms with Gasteiger partial charge in [-0.2, -0.15) is 0 Å². The summed E-state index contributed by atoms with van der Waals surface area (Å²) < 4.78 is 62.2. The summed E-state index contributed by atoms with van der Waals surface area (Å²) in [4.78, 5) is 0. The van der Waals surface area contributed by atoms with Gasteiger partial charge in [0, 0.05) is 7.74 Å². The second-order valence-electron chi connectivity index (χ2n) is 2.15. The molecule has 0 saturated carbocycles. The summed E-state index contributed by atoms with van der Waals surface area (Å²) in [5.74, 6) is -10.1. The second kappa shape index (κ2) is 3.39. The van der Waals surface area contributed by atoms with Crippen molar-refractivity contribution in [3.05, 3.63) is 29.1 Å². The Hall–Kier alpha value is -1.00. The van der Waals surface area contributed by atoms with Crippen molar-refractivity contribution >= 4 is 20.4 Å². The van der Waals surface area contributed by atoms with Crippen LogP contribution >= 0.6 is 0 Å². The van der Waals surface area contributed by atoms with Gasteiger partial charge < -0.3 is 0 Å². The molecule has 7 heteroatoms. The highest BCUT2D eigenvalue weighted by atomic mass is 19.2. The van der Waals surface area contributed by atoms with Crippen molar-refractivity contribution in [2.24, 2.45) is 0 Å². The largest absolute Gasteiger partial charge is 0.204 e. The van der Waals surface area contributed by atoms with E-state index >= 15 is 0 Å². The van der Waals surface area contributed by atoms with Gasteiger partial charge in [0.15, 0.2) is 29.1 Å². The molecule has 0 saturated heterocycles. The van der Waals surface area contributed by atoms with Crippen LogP contribution in [-0.2, 0) is 0 Å². The monoisotopic (exact) mass is 189 g/mol. The van der Waals surface area contributed by atoms with Crippen LogP contribution in [0.3, 0.4) is 0 Å². The van der Waals surface area contributed by atoms with E-state index in [-0.39, 0.29) is 0 Å². The lowest BCUT2D eigenvalue weighted by Crippen LogP contribution is -2.27. The smallest absolute Gasteiger partial charge is 0.200 e. The van der Waals surface area contributed by atoms with Gasteiger partial charge in [-0.25, -0.2) is 22.0 Å². The maximum atomic E-state index is 12.6. The Bertz CT molecular complexity index is 322. The Balaban J connectivity index is 3.56. The number of rotatable bonds is 1. The third-order valence-electron chi connectivity index (χ3n) is 1.41. The quantitative estimate of drug-likeness (QED) is 0.265. The lowest BCUT2D eigenvalue weighted by atomic mass is 9.51. The fraction of sp³-hybridized carbons (Fsp3) is 0. The average molecular weight is 189 g/mol. The van der Waals surface area contributed by atoms with Gasteiger partial charge in [0.25, 0.3) is 0 Å². The Morgan fingerprint density at radius 1 is 0.692 bits per heavy atom. The van der Waals surface area contributed by atoms with Gasteiger partial charge >= 0.3 is 0 Å². The van der Waals surface area contributed by atoms with E-state index < -0.39 is 34.5 Å². The summed E-state index contributed by atoms with van der Waals surface area (Å²) in [6.45, 7) is 0. The molecule has 0 nitrogen and oxygen atoms in total. The zero-order valence-electron chi connectivity index (χ0n) is 6.04. The predicted octanol–water partition coefficient (Wildman–Crippen LogP) is 0.795. The van der Waals surface area contributed by atoms with Crippen molar-refractivity contribution in [3.63, 3.8) is 0 Å². The summed E-state index contributed by atoms with van der Waals surface area (Å²) in [6, 6.07) is 0. The molecule has 0 bridgehead atoms. The second-order valence-corrected chi connectivity index (χ2v) is 2.15. The summed E-state index contributed by atoms with van der Waals surface area (Å²) in [6.07, 6.45) is 0. The van der Waals surface area contributed by atoms with Crippen molar-refractivity contribution in [1.82, 2.24) is 0 Å². The first-order chi connectivity index (χ1) is 6.00. The Kier molecular flexibility index (Phi) is 2.63. The highest BCUT2D eigenvalue weighted by Crippen LogP contribution is 2.15. The summed E-state index contributed by atoms with van der Waals surface area (Å²) in [7, 11) is 4.99. The van der Waals surface area contributed by atoms with Crippen molar-refractivity contribution in [1.29, 1.82) is 0 Å². The number of benzene rings is 1. The van der Waals surface area contributed by atoms with E-state index in [0.29, 0.717) is 7.17 Å². The molecule has 0 aliphatic heterocycles. The van der Waals surface area contributed by atoms with E-state index in [1.54, 1.807) is 0 Å². The van der Waals surface area contributed by atoms with Crippen LogP contribution in [0.25, 0.3) is 0 Å². The Morgan fingerprint density at radius 2 is 1.00 bits per heavy atom. The van der Waals surface area contributed by atoms with E-state index in [9.17, 15) is 22.0 Å². The molecule has 0 aromatic heterocycles. The minimum Gasteiger partial charge on any atom is -0.204 e. The zero-order chi connectivity index (χ0) is 10.2. The van der Waals surface area contributed by atoms with Gasteiger partial charge in [0.1, 0.15) is 7.17 Å². The van der Waals surface area contributed by atoms with Crippen molar-refractivity contribution in [2.75, 3.05) is 0 Å². The maximum Gasteiger partial charge on any atom is 0.200 e. The normalized spacial score (nSPS) is 10.2. The third-order valence-corrected chi connectivity index (χ3v) is 1.41. The molecule has 0 aliphatic carbocycles. The van der Waals surface area contributed by atoms with Crippen LogP contribution in [-0.4, -0.2) is 14.9 Å². The first-order valence-corrected chi connectivity index (χ1v) is 3.07. The molecule has 3 radical (unpaired) electrons. The molecule has 1 aromatic rings. The molecule has 0 amide bonds. The number of hydrogen-bond donors (Lipinski definition) is 0.